The number of carbonyl (C=O) groups is 2. The first-order valence-corrected chi connectivity index (χ1v) is 15.7. The smallest absolute Gasteiger partial charge is 0.261 e. The van der Waals surface area contributed by atoms with Gasteiger partial charge in [0.15, 0.2) is 0 Å². The number of benzene rings is 3. The van der Waals surface area contributed by atoms with Crippen molar-refractivity contribution in [2.75, 3.05) is 38.6 Å². The van der Waals surface area contributed by atoms with Gasteiger partial charge in [0.1, 0.15) is 24.3 Å². The number of nitrogens with zero attached hydrogens (tertiary/aromatic N) is 3. The number of ether oxygens (including phenoxy) is 1. The molecule has 240 valence electrons. The first-order chi connectivity index (χ1) is 22.7. The van der Waals surface area contributed by atoms with Crippen molar-refractivity contribution >= 4 is 28.9 Å². The number of hydrogen-bond donors (Lipinski definition) is 3. The van der Waals surface area contributed by atoms with E-state index in [2.05, 4.69) is 15.2 Å². The Balaban J connectivity index is 1.01. The summed E-state index contributed by atoms with van der Waals surface area (Å²) in [5, 5.41) is 13.8. The van der Waals surface area contributed by atoms with Crippen molar-refractivity contribution < 1.29 is 23.8 Å². The Morgan fingerprint density at radius 3 is 2.34 bits per heavy atom. The highest BCUT2D eigenvalue weighted by atomic mass is 19.1. The number of piperidine rings is 1. The molecule has 4 heterocycles. The van der Waals surface area contributed by atoms with Crippen molar-refractivity contribution in [3.8, 4) is 16.9 Å². The van der Waals surface area contributed by atoms with E-state index in [1.165, 1.54) is 23.2 Å². The van der Waals surface area contributed by atoms with Gasteiger partial charge in [0.25, 0.3) is 17.4 Å². The van der Waals surface area contributed by atoms with Crippen LogP contribution in [0.1, 0.15) is 44.7 Å². The lowest BCUT2D eigenvalue weighted by molar-refractivity contribution is 0.0516. The molecule has 0 saturated carbocycles. The van der Waals surface area contributed by atoms with Crippen LogP contribution in [0.5, 0.6) is 5.75 Å². The number of carbonyl (C=O) groups excluding carboxylic acids is 2. The predicted octanol–water partition coefficient (Wildman–Crippen LogP) is 4.40. The van der Waals surface area contributed by atoms with Gasteiger partial charge in [-0.1, -0.05) is 24.3 Å². The molecule has 10 nitrogen and oxygen atoms in total. The van der Waals surface area contributed by atoms with Gasteiger partial charge in [-0.3, -0.25) is 24.3 Å². The van der Waals surface area contributed by atoms with Crippen LogP contribution in [0.15, 0.2) is 82.7 Å². The number of H-pyrrole nitrogens is 1. The van der Waals surface area contributed by atoms with Gasteiger partial charge < -0.3 is 25.0 Å². The molecule has 3 aliphatic rings. The summed E-state index contributed by atoms with van der Waals surface area (Å²) in [4.78, 5) is 50.8. The summed E-state index contributed by atoms with van der Waals surface area (Å²) in [5.74, 6) is -0.275. The van der Waals surface area contributed by atoms with Crippen LogP contribution in [0.3, 0.4) is 0 Å². The molecular weight excluding hydrogens is 601 g/mol. The SMILES string of the molecule is CN1CCC(N2C(=O)c3cc4c(cc3C2=O)N=C(c2c(NCC(O)COc3ccc(-c5ccc(F)cc5)cc3)cc[nH]c2=O)C4)CC1. The van der Waals surface area contributed by atoms with E-state index in [-0.39, 0.29) is 42.4 Å². The van der Waals surface area contributed by atoms with Crippen LogP contribution < -0.4 is 15.6 Å². The predicted molar refractivity (Wildman–Crippen MR) is 176 cm³/mol. The molecule has 0 aliphatic carbocycles. The number of aliphatic hydroxyl groups is 1. The molecule has 7 rings (SSSR count). The average molecular weight is 636 g/mol. The van der Waals surface area contributed by atoms with E-state index in [9.17, 15) is 23.9 Å². The number of aromatic amines is 1. The second-order valence-corrected chi connectivity index (χ2v) is 12.2. The molecule has 1 atom stereocenters. The molecular formula is C36H34FN5O5. The fourth-order valence-corrected chi connectivity index (χ4v) is 6.46. The van der Waals surface area contributed by atoms with Crippen LogP contribution in [0.25, 0.3) is 11.1 Å². The maximum absolute atomic E-state index is 13.4. The number of rotatable bonds is 9. The number of likely N-dealkylation sites (tertiary alicyclic amines) is 1. The number of halogens is 1. The Bertz CT molecular complexity index is 1930. The zero-order valence-electron chi connectivity index (χ0n) is 25.8. The third-order valence-electron chi connectivity index (χ3n) is 9.04. The maximum atomic E-state index is 13.4. The Hall–Kier alpha value is -5.13. The van der Waals surface area contributed by atoms with Gasteiger partial charge in [-0.25, -0.2) is 4.39 Å². The Morgan fingerprint density at radius 2 is 1.64 bits per heavy atom. The van der Waals surface area contributed by atoms with Crippen molar-refractivity contribution in [3.05, 3.63) is 111 Å². The van der Waals surface area contributed by atoms with Crippen LogP contribution >= 0.6 is 0 Å². The fraction of sp³-hybridized carbons (Fsp3) is 0.278. The Kier molecular flexibility index (Phi) is 8.17. The third-order valence-corrected chi connectivity index (χ3v) is 9.04. The molecule has 0 radical (unpaired) electrons. The zero-order chi connectivity index (χ0) is 32.7. The summed E-state index contributed by atoms with van der Waals surface area (Å²) in [7, 11) is 2.04. The second-order valence-electron chi connectivity index (χ2n) is 12.2. The van der Waals surface area contributed by atoms with Gasteiger partial charge in [-0.15, -0.1) is 0 Å². The summed E-state index contributed by atoms with van der Waals surface area (Å²) in [6.45, 7) is 1.79. The van der Waals surface area contributed by atoms with Gasteiger partial charge in [0.2, 0.25) is 0 Å². The van der Waals surface area contributed by atoms with Crippen molar-refractivity contribution in [1.29, 1.82) is 0 Å². The highest BCUT2D eigenvalue weighted by Crippen LogP contribution is 2.37. The lowest BCUT2D eigenvalue weighted by Gasteiger charge is -2.33. The fourth-order valence-electron chi connectivity index (χ4n) is 6.46. The van der Waals surface area contributed by atoms with E-state index in [0.717, 1.165) is 42.6 Å². The van der Waals surface area contributed by atoms with Gasteiger partial charge >= 0.3 is 0 Å². The highest BCUT2D eigenvalue weighted by Gasteiger charge is 2.42. The number of aliphatic hydroxyl groups excluding tert-OH is 1. The maximum Gasteiger partial charge on any atom is 0.261 e. The van der Waals surface area contributed by atoms with Crippen molar-refractivity contribution in [2.45, 2.75) is 31.4 Å². The summed E-state index contributed by atoms with van der Waals surface area (Å²) in [5.41, 5.74) is 4.87. The van der Waals surface area contributed by atoms with Crippen molar-refractivity contribution in [1.82, 2.24) is 14.8 Å². The number of fused-ring (bicyclic) bond motifs is 2. The van der Waals surface area contributed by atoms with Gasteiger partial charge in [0, 0.05) is 25.2 Å². The topological polar surface area (TPSA) is 127 Å². The van der Waals surface area contributed by atoms with Crippen LogP contribution in [0.4, 0.5) is 15.8 Å². The van der Waals surface area contributed by atoms with Crippen molar-refractivity contribution in [2.24, 2.45) is 4.99 Å². The first-order valence-electron chi connectivity index (χ1n) is 15.7. The molecule has 2 amide bonds. The van der Waals surface area contributed by atoms with E-state index < -0.39 is 6.10 Å². The highest BCUT2D eigenvalue weighted by molar-refractivity contribution is 6.22. The Labute approximate surface area is 270 Å². The number of aliphatic imine (C=N–C) groups is 1. The number of amides is 2. The minimum absolute atomic E-state index is 0.00991. The van der Waals surface area contributed by atoms with Crippen LogP contribution in [-0.2, 0) is 6.42 Å². The molecule has 4 aromatic rings. The lowest BCUT2D eigenvalue weighted by Crippen LogP contribution is -2.46. The first kappa shape index (κ1) is 30.5. The van der Waals surface area contributed by atoms with Gasteiger partial charge in [-0.05, 0) is 92.1 Å². The zero-order valence-corrected chi connectivity index (χ0v) is 25.8. The molecule has 3 aliphatic heterocycles. The number of imide groups is 1. The largest absolute Gasteiger partial charge is 0.491 e. The molecule has 3 aromatic carbocycles. The quantitative estimate of drug-likeness (QED) is 0.233. The van der Waals surface area contributed by atoms with Crippen LogP contribution in [-0.4, -0.2) is 82.9 Å². The summed E-state index contributed by atoms with van der Waals surface area (Å²) in [6, 6.07) is 18.5. The molecule has 1 unspecified atom stereocenters. The number of pyridine rings is 1. The molecule has 11 heteroatoms. The van der Waals surface area contributed by atoms with E-state index in [1.54, 1.807) is 42.5 Å². The summed E-state index contributed by atoms with van der Waals surface area (Å²) >= 11 is 0. The van der Waals surface area contributed by atoms with Crippen LogP contribution in [0, 0.1) is 5.82 Å². The van der Waals surface area contributed by atoms with Gasteiger partial charge in [0.05, 0.1) is 33.8 Å². The molecule has 1 fully saturated rings. The third kappa shape index (κ3) is 6.07. The lowest BCUT2D eigenvalue weighted by atomic mass is 10.00. The van der Waals surface area contributed by atoms with E-state index >= 15 is 0 Å². The van der Waals surface area contributed by atoms with Crippen LogP contribution in [0.2, 0.25) is 0 Å². The minimum Gasteiger partial charge on any atom is -0.491 e. The number of anilines is 1. The number of aromatic nitrogens is 1. The molecule has 47 heavy (non-hydrogen) atoms. The average Bonchev–Trinajstić information content (AvgIpc) is 3.59. The molecule has 1 aromatic heterocycles. The minimum atomic E-state index is -0.894. The Morgan fingerprint density at radius 1 is 0.979 bits per heavy atom. The van der Waals surface area contributed by atoms with Gasteiger partial charge in [-0.2, -0.15) is 0 Å². The molecule has 1 saturated heterocycles. The summed E-state index contributed by atoms with van der Waals surface area (Å²) in [6.07, 6.45) is 2.45. The number of nitrogens with one attached hydrogen (secondary N) is 2. The van der Waals surface area contributed by atoms with E-state index in [0.29, 0.717) is 45.9 Å². The second kappa shape index (κ2) is 12.6. The van der Waals surface area contributed by atoms with E-state index in [1.807, 2.05) is 19.2 Å². The standard InChI is InChI=1S/C36H34FN5O5/c1-41-14-11-25(12-15-41)42-35(45)28-16-23-17-32(40-31(23)18-29(28)36(42)46)33-30(10-13-38-34(33)44)39-19-26(43)20-47-27-8-4-22(5-9-27)21-2-6-24(37)7-3-21/h2-10,13,16,18,25-26,43H,11-12,14-15,17,19-20H2,1H3,(H2,38,39,44). The monoisotopic (exact) mass is 635 g/mol. The molecule has 0 bridgehead atoms. The van der Waals surface area contributed by atoms with Crippen molar-refractivity contribution in [3.63, 3.8) is 0 Å². The molecule has 0 spiro atoms. The van der Waals surface area contributed by atoms with E-state index in [4.69, 9.17) is 9.73 Å². The molecule has 3 N–H and O–H groups in total. The normalized spacial score (nSPS) is 17.0. The number of hydrogen-bond acceptors (Lipinski definition) is 8. The summed E-state index contributed by atoms with van der Waals surface area (Å²) < 4.78 is 19.0.